The van der Waals surface area contributed by atoms with Crippen molar-refractivity contribution in [2.75, 3.05) is 0 Å². The molecule has 2 aromatic rings. The van der Waals surface area contributed by atoms with Crippen molar-refractivity contribution >= 4 is 11.6 Å². The van der Waals surface area contributed by atoms with Gasteiger partial charge < -0.3 is 5.11 Å². The number of aliphatic hydroxyl groups is 1. The predicted molar refractivity (Wildman–Crippen MR) is 61.7 cm³/mol. The lowest BCUT2D eigenvalue weighted by molar-refractivity contribution is 0.198. The van der Waals surface area contributed by atoms with Gasteiger partial charge in [0.05, 0.1) is 23.0 Å². The topological polar surface area (TPSA) is 50.9 Å². The molecule has 0 unspecified atom stereocenters. The smallest absolute Gasteiger partial charge is 0.159 e. The van der Waals surface area contributed by atoms with E-state index in [0.717, 1.165) is 11.3 Å². The summed E-state index contributed by atoms with van der Waals surface area (Å²) in [6.45, 7) is 3.52. The quantitative estimate of drug-likeness (QED) is 0.872. The predicted octanol–water partition coefficient (Wildman–Crippen LogP) is 2.28. The molecule has 2 rings (SSSR count). The average Bonchev–Trinajstić information content (AvgIpc) is 2.59. The molecule has 5 heteroatoms. The Kier molecular flexibility index (Phi) is 2.94. The Bertz CT molecular complexity index is 488. The molecule has 0 aliphatic rings. The molecule has 0 fully saturated rings. The maximum Gasteiger partial charge on any atom is 0.159 e. The fraction of sp³-hybridized carbons (Fsp3) is 0.273. The SMILES string of the molecule is Cc1nn(-c2ncccc2[C@@H](C)O)cc1Cl. The van der Waals surface area contributed by atoms with Gasteiger partial charge in [-0.3, -0.25) is 0 Å². The average molecular weight is 238 g/mol. The summed E-state index contributed by atoms with van der Waals surface area (Å²) in [5, 5.41) is 14.4. The van der Waals surface area contributed by atoms with Crippen LogP contribution < -0.4 is 0 Å². The van der Waals surface area contributed by atoms with Crippen molar-refractivity contribution in [2.24, 2.45) is 0 Å². The molecule has 16 heavy (non-hydrogen) atoms. The monoisotopic (exact) mass is 237 g/mol. The van der Waals surface area contributed by atoms with E-state index in [2.05, 4.69) is 10.1 Å². The van der Waals surface area contributed by atoms with Crippen LogP contribution in [0.4, 0.5) is 0 Å². The zero-order valence-electron chi connectivity index (χ0n) is 9.05. The number of aryl methyl sites for hydroxylation is 1. The first-order valence-corrected chi connectivity index (χ1v) is 5.32. The summed E-state index contributed by atoms with van der Waals surface area (Å²) in [6, 6.07) is 3.60. The van der Waals surface area contributed by atoms with Gasteiger partial charge in [-0.15, -0.1) is 0 Å². The minimum absolute atomic E-state index is 0.585. The van der Waals surface area contributed by atoms with Crippen LogP contribution in [0.25, 0.3) is 5.82 Å². The summed E-state index contributed by atoms with van der Waals surface area (Å²) in [7, 11) is 0. The second kappa shape index (κ2) is 4.23. The summed E-state index contributed by atoms with van der Waals surface area (Å²) in [5.41, 5.74) is 1.46. The molecule has 0 bridgehead atoms. The third-order valence-electron chi connectivity index (χ3n) is 2.32. The van der Waals surface area contributed by atoms with Crippen LogP contribution in [0.5, 0.6) is 0 Å². The largest absolute Gasteiger partial charge is 0.389 e. The summed E-state index contributed by atoms with van der Waals surface area (Å²) < 4.78 is 1.58. The fourth-order valence-electron chi connectivity index (χ4n) is 1.47. The van der Waals surface area contributed by atoms with Gasteiger partial charge in [0.25, 0.3) is 0 Å². The van der Waals surface area contributed by atoms with Crippen molar-refractivity contribution in [2.45, 2.75) is 20.0 Å². The van der Waals surface area contributed by atoms with E-state index in [4.69, 9.17) is 11.6 Å². The van der Waals surface area contributed by atoms with Crippen LogP contribution in [0.15, 0.2) is 24.5 Å². The van der Waals surface area contributed by atoms with Crippen LogP contribution in [-0.2, 0) is 0 Å². The van der Waals surface area contributed by atoms with Crippen molar-refractivity contribution in [3.63, 3.8) is 0 Å². The third kappa shape index (κ3) is 1.94. The Morgan fingerprint density at radius 1 is 1.50 bits per heavy atom. The molecule has 1 atom stereocenters. The van der Waals surface area contributed by atoms with E-state index in [0.29, 0.717) is 10.8 Å². The second-order valence-electron chi connectivity index (χ2n) is 3.60. The number of nitrogens with zero attached hydrogens (tertiary/aromatic N) is 3. The maximum absolute atomic E-state index is 9.63. The number of pyridine rings is 1. The molecule has 4 nitrogen and oxygen atoms in total. The Hall–Kier alpha value is -1.39. The zero-order valence-corrected chi connectivity index (χ0v) is 9.81. The summed E-state index contributed by atoms with van der Waals surface area (Å²) in [6.07, 6.45) is 2.75. The van der Waals surface area contributed by atoms with Gasteiger partial charge in [-0.05, 0) is 19.9 Å². The molecule has 84 valence electrons. The minimum Gasteiger partial charge on any atom is -0.389 e. The third-order valence-corrected chi connectivity index (χ3v) is 2.69. The maximum atomic E-state index is 9.63. The molecule has 0 saturated heterocycles. The lowest BCUT2D eigenvalue weighted by atomic mass is 10.1. The molecule has 1 N–H and O–H groups in total. The zero-order chi connectivity index (χ0) is 11.7. The van der Waals surface area contributed by atoms with E-state index in [1.54, 1.807) is 30.1 Å². The molecule has 0 radical (unpaired) electrons. The first-order valence-electron chi connectivity index (χ1n) is 4.94. The van der Waals surface area contributed by atoms with E-state index >= 15 is 0 Å². The van der Waals surface area contributed by atoms with Gasteiger partial charge in [0.2, 0.25) is 0 Å². The van der Waals surface area contributed by atoms with Gasteiger partial charge in [-0.1, -0.05) is 17.7 Å². The van der Waals surface area contributed by atoms with Crippen LogP contribution in [0, 0.1) is 6.92 Å². The number of halogens is 1. The summed E-state index contributed by atoms with van der Waals surface area (Å²) in [5.74, 6) is 0.604. The molecular weight excluding hydrogens is 226 g/mol. The van der Waals surface area contributed by atoms with Crippen molar-refractivity contribution in [1.82, 2.24) is 14.8 Å². The Morgan fingerprint density at radius 2 is 2.25 bits per heavy atom. The van der Waals surface area contributed by atoms with Crippen molar-refractivity contribution in [1.29, 1.82) is 0 Å². The van der Waals surface area contributed by atoms with E-state index in [-0.39, 0.29) is 0 Å². The van der Waals surface area contributed by atoms with Crippen LogP contribution in [-0.4, -0.2) is 19.9 Å². The molecule has 0 aliphatic carbocycles. The normalized spacial score (nSPS) is 12.8. The van der Waals surface area contributed by atoms with E-state index in [1.807, 2.05) is 13.0 Å². The molecule has 2 heterocycles. The summed E-state index contributed by atoms with van der Waals surface area (Å²) in [4.78, 5) is 4.21. The lowest BCUT2D eigenvalue weighted by Gasteiger charge is -2.09. The van der Waals surface area contributed by atoms with Gasteiger partial charge in [-0.25, -0.2) is 9.67 Å². The lowest BCUT2D eigenvalue weighted by Crippen LogP contribution is -2.05. The summed E-state index contributed by atoms with van der Waals surface area (Å²) >= 11 is 5.94. The van der Waals surface area contributed by atoms with Crippen molar-refractivity contribution in [3.8, 4) is 5.82 Å². The number of hydrogen-bond acceptors (Lipinski definition) is 3. The number of hydrogen-bond donors (Lipinski definition) is 1. The van der Waals surface area contributed by atoms with Crippen molar-refractivity contribution in [3.05, 3.63) is 40.8 Å². The van der Waals surface area contributed by atoms with E-state index in [1.165, 1.54) is 0 Å². The number of aliphatic hydroxyl groups excluding tert-OH is 1. The minimum atomic E-state index is -0.591. The highest BCUT2D eigenvalue weighted by Crippen LogP contribution is 2.21. The molecule has 0 amide bonds. The van der Waals surface area contributed by atoms with E-state index in [9.17, 15) is 5.11 Å². The van der Waals surface area contributed by atoms with Crippen LogP contribution in [0.2, 0.25) is 5.02 Å². The molecule has 0 saturated carbocycles. The molecular formula is C11H12ClN3O. The molecule has 0 spiro atoms. The Labute approximate surface area is 98.5 Å². The molecule has 0 aliphatic heterocycles. The Morgan fingerprint density at radius 3 is 2.81 bits per heavy atom. The Balaban J connectivity index is 2.55. The second-order valence-corrected chi connectivity index (χ2v) is 4.01. The fourth-order valence-corrected chi connectivity index (χ4v) is 1.60. The van der Waals surface area contributed by atoms with Gasteiger partial charge in [0, 0.05) is 11.8 Å². The van der Waals surface area contributed by atoms with Gasteiger partial charge in [0.1, 0.15) is 0 Å². The first kappa shape index (κ1) is 11.1. The van der Waals surface area contributed by atoms with Gasteiger partial charge in [0.15, 0.2) is 5.82 Å². The number of aromatic nitrogens is 3. The highest BCUT2D eigenvalue weighted by atomic mass is 35.5. The number of rotatable bonds is 2. The van der Waals surface area contributed by atoms with Crippen LogP contribution in [0.1, 0.15) is 24.3 Å². The van der Waals surface area contributed by atoms with Gasteiger partial charge in [-0.2, -0.15) is 5.10 Å². The highest BCUT2D eigenvalue weighted by Gasteiger charge is 2.12. The standard InChI is InChI=1S/C11H12ClN3O/c1-7-10(12)6-15(14-7)11-9(8(2)16)4-3-5-13-11/h3-6,8,16H,1-2H3/t8-/m1/s1. The van der Waals surface area contributed by atoms with Crippen LogP contribution in [0.3, 0.4) is 0 Å². The van der Waals surface area contributed by atoms with E-state index < -0.39 is 6.10 Å². The molecule has 0 aromatic carbocycles. The van der Waals surface area contributed by atoms with Crippen molar-refractivity contribution < 1.29 is 5.11 Å². The highest BCUT2D eigenvalue weighted by molar-refractivity contribution is 6.31. The van der Waals surface area contributed by atoms with Crippen LogP contribution >= 0.6 is 11.6 Å². The molecule has 2 aromatic heterocycles. The van der Waals surface area contributed by atoms with Gasteiger partial charge >= 0.3 is 0 Å². The first-order chi connectivity index (χ1) is 7.59.